The molecule has 1 aromatic heterocycles. The lowest BCUT2D eigenvalue weighted by Gasteiger charge is -2.31. The van der Waals surface area contributed by atoms with Crippen LogP contribution in [0, 0.1) is 0 Å². The van der Waals surface area contributed by atoms with E-state index >= 15 is 0 Å². The Bertz CT molecular complexity index is 433. The highest BCUT2D eigenvalue weighted by molar-refractivity contribution is 7.11. The predicted octanol–water partition coefficient (Wildman–Crippen LogP) is 2.94. The van der Waals surface area contributed by atoms with Crippen LogP contribution in [0.5, 0.6) is 0 Å². The van der Waals surface area contributed by atoms with Crippen molar-refractivity contribution in [1.29, 1.82) is 0 Å². The maximum atomic E-state index is 5.07. The molecule has 1 aliphatic carbocycles. The van der Waals surface area contributed by atoms with Gasteiger partial charge in [0.2, 0.25) is 0 Å². The van der Waals surface area contributed by atoms with Crippen LogP contribution >= 0.6 is 11.3 Å². The van der Waals surface area contributed by atoms with Crippen molar-refractivity contribution in [3.63, 3.8) is 0 Å². The van der Waals surface area contributed by atoms with Crippen LogP contribution in [0.3, 0.4) is 0 Å². The number of hydrogen-bond acceptors (Lipinski definition) is 4. The molecule has 2 aliphatic rings. The molecule has 1 aliphatic heterocycles. The zero-order valence-electron chi connectivity index (χ0n) is 12.9. The lowest BCUT2D eigenvalue weighted by atomic mass is 9.91. The Morgan fingerprint density at radius 1 is 1.20 bits per heavy atom. The molecule has 1 fully saturated rings. The van der Waals surface area contributed by atoms with Crippen LogP contribution in [0.1, 0.15) is 54.6 Å². The lowest BCUT2D eigenvalue weighted by molar-refractivity contribution is 0.284. The van der Waals surface area contributed by atoms with E-state index in [1.807, 2.05) is 11.3 Å². The second kappa shape index (κ2) is 6.12. The topological polar surface area (TPSA) is 28.2 Å². The van der Waals surface area contributed by atoms with E-state index in [0.717, 1.165) is 6.54 Å². The Morgan fingerprint density at radius 3 is 2.85 bits per heavy atom. The fourth-order valence-corrected chi connectivity index (χ4v) is 5.00. The largest absolute Gasteiger partial charge is 0.306 e. The quantitative estimate of drug-likeness (QED) is 0.929. The highest BCUT2D eigenvalue weighted by atomic mass is 32.1. The summed E-state index contributed by atoms with van der Waals surface area (Å²) < 4.78 is 0. The molecular weight excluding hydrogens is 266 g/mol. The fraction of sp³-hybridized carbons (Fsp3) is 0.812. The number of aryl methyl sites for hydroxylation is 2. The molecule has 0 spiro atoms. The summed E-state index contributed by atoms with van der Waals surface area (Å²) in [6, 6.07) is 0. The van der Waals surface area contributed by atoms with E-state index in [0.29, 0.717) is 0 Å². The minimum atomic E-state index is 0.140. The van der Waals surface area contributed by atoms with E-state index in [-0.39, 0.29) is 5.54 Å². The van der Waals surface area contributed by atoms with Crippen molar-refractivity contribution < 1.29 is 0 Å². The van der Waals surface area contributed by atoms with Crippen LogP contribution in [0.4, 0.5) is 0 Å². The SMILES string of the molecule is CCNC1(c2nc3c(s2)CCCC3)CCCN(C)CC1. The van der Waals surface area contributed by atoms with Crippen LogP contribution < -0.4 is 5.32 Å². The summed E-state index contributed by atoms with van der Waals surface area (Å²) in [6.45, 7) is 5.66. The van der Waals surface area contributed by atoms with Crippen LogP contribution in [0.15, 0.2) is 0 Å². The zero-order chi connectivity index (χ0) is 14.0. The third kappa shape index (κ3) is 2.78. The summed E-state index contributed by atoms with van der Waals surface area (Å²) in [4.78, 5) is 9.10. The second-order valence-corrected chi connectivity index (χ2v) is 7.45. The number of nitrogens with zero attached hydrogens (tertiary/aromatic N) is 2. The highest BCUT2D eigenvalue weighted by Crippen LogP contribution is 2.38. The average molecular weight is 293 g/mol. The summed E-state index contributed by atoms with van der Waals surface area (Å²) in [5.41, 5.74) is 1.55. The molecule has 2 heterocycles. The van der Waals surface area contributed by atoms with Gasteiger partial charge in [-0.15, -0.1) is 11.3 Å². The molecule has 4 heteroatoms. The summed E-state index contributed by atoms with van der Waals surface area (Å²) >= 11 is 2.00. The van der Waals surface area contributed by atoms with Crippen LogP contribution in [-0.4, -0.2) is 36.6 Å². The molecule has 3 nitrogen and oxygen atoms in total. The molecule has 0 radical (unpaired) electrons. The molecular formula is C16H27N3S. The maximum Gasteiger partial charge on any atom is 0.113 e. The Kier molecular flexibility index (Phi) is 4.43. The second-order valence-electron chi connectivity index (χ2n) is 6.37. The van der Waals surface area contributed by atoms with Crippen molar-refractivity contribution >= 4 is 11.3 Å². The van der Waals surface area contributed by atoms with Crippen LogP contribution in [-0.2, 0) is 18.4 Å². The van der Waals surface area contributed by atoms with Crippen molar-refractivity contribution in [1.82, 2.24) is 15.2 Å². The van der Waals surface area contributed by atoms with Crippen molar-refractivity contribution in [2.24, 2.45) is 0 Å². The number of likely N-dealkylation sites (tertiary alicyclic amines) is 1. The number of nitrogens with one attached hydrogen (secondary N) is 1. The summed E-state index contributed by atoms with van der Waals surface area (Å²) in [6.07, 6.45) is 8.84. The molecule has 1 saturated heterocycles. The van der Waals surface area contributed by atoms with Gasteiger partial charge in [0.25, 0.3) is 0 Å². The fourth-order valence-electron chi connectivity index (χ4n) is 3.63. The van der Waals surface area contributed by atoms with Crippen LogP contribution in [0.2, 0.25) is 0 Å². The predicted molar refractivity (Wildman–Crippen MR) is 85.5 cm³/mol. The minimum absolute atomic E-state index is 0.140. The highest BCUT2D eigenvalue weighted by Gasteiger charge is 2.36. The normalized spacial score (nSPS) is 28.1. The number of rotatable bonds is 3. The minimum Gasteiger partial charge on any atom is -0.306 e. The number of thiazole rings is 1. The Balaban J connectivity index is 1.90. The summed E-state index contributed by atoms with van der Waals surface area (Å²) in [5.74, 6) is 0. The number of hydrogen-bond donors (Lipinski definition) is 1. The number of aromatic nitrogens is 1. The average Bonchev–Trinajstić information content (AvgIpc) is 2.80. The molecule has 1 N–H and O–H groups in total. The molecule has 3 rings (SSSR count). The molecule has 20 heavy (non-hydrogen) atoms. The van der Waals surface area contributed by atoms with E-state index in [4.69, 9.17) is 4.98 Å². The Labute approximate surface area is 126 Å². The molecule has 0 bridgehead atoms. The molecule has 1 atom stereocenters. The van der Waals surface area contributed by atoms with Gasteiger partial charge >= 0.3 is 0 Å². The third-order valence-electron chi connectivity index (χ3n) is 4.83. The monoisotopic (exact) mass is 293 g/mol. The van der Waals surface area contributed by atoms with Crippen molar-refractivity contribution in [3.8, 4) is 0 Å². The van der Waals surface area contributed by atoms with E-state index < -0.39 is 0 Å². The first-order valence-corrected chi connectivity index (χ1v) is 8.98. The van der Waals surface area contributed by atoms with E-state index in [1.165, 1.54) is 68.7 Å². The van der Waals surface area contributed by atoms with Gasteiger partial charge in [-0.3, -0.25) is 0 Å². The smallest absolute Gasteiger partial charge is 0.113 e. The van der Waals surface area contributed by atoms with Gasteiger partial charge in [0.15, 0.2) is 0 Å². The Hall–Kier alpha value is -0.450. The van der Waals surface area contributed by atoms with Crippen molar-refractivity contribution in [2.75, 3.05) is 26.7 Å². The van der Waals surface area contributed by atoms with Gasteiger partial charge in [-0.2, -0.15) is 0 Å². The first kappa shape index (κ1) is 14.5. The van der Waals surface area contributed by atoms with Gasteiger partial charge in [-0.1, -0.05) is 6.92 Å². The Morgan fingerprint density at radius 2 is 2.05 bits per heavy atom. The van der Waals surface area contributed by atoms with Crippen molar-refractivity contribution in [2.45, 2.75) is 57.4 Å². The molecule has 0 saturated carbocycles. The van der Waals surface area contributed by atoms with E-state index in [1.54, 1.807) is 4.88 Å². The molecule has 1 aromatic rings. The number of fused-ring (bicyclic) bond motifs is 1. The van der Waals surface area contributed by atoms with Crippen LogP contribution in [0.25, 0.3) is 0 Å². The summed E-state index contributed by atoms with van der Waals surface area (Å²) in [7, 11) is 2.24. The van der Waals surface area contributed by atoms with Gasteiger partial charge in [0.1, 0.15) is 5.01 Å². The van der Waals surface area contributed by atoms with E-state index in [9.17, 15) is 0 Å². The van der Waals surface area contributed by atoms with Gasteiger partial charge in [-0.05, 0) is 65.1 Å². The lowest BCUT2D eigenvalue weighted by Crippen LogP contribution is -2.43. The zero-order valence-corrected chi connectivity index (χ0v) is 13.7. The van der Waals surface area contributed by atoms with Crippen molar-refractivity contribution in [3.05, 3.63) is 15.6 Å². The standard InChI is InChI=1S/C16H27N3S/c1-3-17-16(9-6-11-19(2)12-10-16)15-18-13-7-4-5-8-14(13)20-15/h17H,3-12H2,1-2H3. The molecule has 0 aromatic carbocycles. The van der Waals surface area contributed by atoms with Gasteiger partial charge in [0, 0.05) is 11.4 Å². The van der Waals surface area contributed by atoms with Gasteiger partial charge in [-0.25, -0.2) is 4.98 Å². The van der Waals surface area contributed by atoms with Gasteiger partial charge < -0.3 is 10.2 Å². The molecule has 0 amide bonds. The first-order chi connectivity index (χ1) is 9.73. The summed E-state index contributed by atoms with van der Waals surface area (Å²) in [5, 5.41) is 5.18. The van der Waals surface area contributed by atoms with Gasteiger partial charge in [0.05, 0.1) is 11.2 Å². The maximum absolute atomic E-state index is 5.07. The third-order valence-corrected chi connectivity index (χ3v) is 6.20. The first-order valence-electron chi connectivity index (χ1n) is 8.16. The molecule has 1 unspecified atom stereocenters. The molecule has 112 valence electrons. The van der Waals surface area contributed by atoms with E-state index in [2.05, 4.69) is 24.2 Å².